The van der Waals surface area contributed by atoms with E-state index in [0.29, 0.717) is 16.7 Å². The first-order valence-corrected chi connectivity index (χ1v) is 6.94. The van der Waals surface area contributed by atoms with E-state index in [1.54, 1.807) is 25.4 Å². The number of imidazole rings is 1. The van der Waals surface area contributed by atoms with Gasteiger partial charge in [0.05, 0.1) is 40.7 Å². The number of carboxylic acids is 1. The van der Waals surface area contributed by atoms with Gasteiger partial charge in [0, 0.05) is 5.56 Å². The molecular formula is C17H13N3O3. The molecule has 0 radical (unpaired) electrons. The highest BCUT2D eigenvalue weighted by atomic mass is 16.4. The van der Waals surface area contributed by atoms with Crippen molar-refractivity contribution in [1.82, 2.24) is 9.97 Å². The molecule has 3 aromatic rings. The van der Waals surface area contributed by atoms with Crippen LogP contribution in [0, 0.1) is 11.3 Å². The van der Waals surface area contributed by atoms with Crippen LogP contribution in [0.2, 0.25) is 0 Å². The maximum atomic E-state index is 11.3. The minimum absolute atomic E-state index is 0.00285. The number of aromatic nitrogens is 2. The van der Waals surface area contributed by atoms with E-state index in [0.717, 1.165) is 11.0 Å². The number of aliphatic hydroxyl groups excluding tert-OH is 1. The number of nitrogens with one attached hydrogen (secondary N) is 1. The van der Waals surface area contributed by atoms with Crippen LogP contribution in [0.1, 0.15) is 34.5 Å². The van der Waals surface area contributed by atoms with E-state index < -0.39 is 12.1 Å². The van der Waals surface area contributed by atoms with Gasteiger partial charge in [-0.15, -0.1) is 0 Å². The molecule has 0 saturated carbocycles. The summed E-state index contributed by atoms with van der Waals surface area (Å²) in [6.45, 7) is 1.55. The molecule has 6 nitrogen and oxygen atoms in total. The normalized spacial score (nSPS) is 12.0. The van der Waals surface area contributed by atoms with Crippen molar-refractivity contribution in [3.63, 3.8) is 0 Å². The average molecular weight is 307 g/mol. The van der Waals surface area contributed by atoms with E-state index in [4.69, 9.17) is 0 Å². The van der Waals surface area contributed by atoms with Gasteiger partial charge in [-0.3, -0.25) is 0 Å². The molecular weight excluding hydrogens is 294 g/mol. The highest BCUT2D eigenvalue weighted by Gasteiger charge is 2.19. The summed E-state index contributed by atoms with van der Waals surface area (Å²) in [5.74, 6) is -1.12. The molecule has 6 heteroatoms. The number of nitriles is 1. The number of aliphatic hydroxyl groups is 1. The number of hydrogen-bond donors (Lipinski definition) is 3. The molecule has 2 aromatic carbocycles. The fourth-order valence-electron chi connectivity index (χ4n) is 2.66. The lowest BCUT2D eigenvalue weighted by Gasteiger charge is -2.15. The number of H-pyrrole nitrogens is 1. The summed E-state index contributed by atoms with van der Waals surface area (Å²) in [5.41, 5.74) is 3.34. The van der Waals surface area contributed by atoms with Crippen molar-refractivity contribution in [1.29, 1.82) is 5.26 Å². The lowest BCUT2D eigenvalue weighted by molar-refractivity contribution is 0.0696. The van der Waals surface area contributed by atoms with Crippen molar-refractivity contribution in [3.8, 4) is 17.2 Å². The minimum Gasteiger partial charge on any atom is -0.478 e. The van der Waals surface area contributed by atoms with Gasteiger partial charge in [-0.05, 0) is 42.3 Å². The van der Waals surface area contributed by atoms with Gasteiger partial charge in [-0.2, -0.15) is 5.26 Å². The first-order chi connectivity index (χ1) is 11.0. The number of aromatic carboxylic acids is 1. The quantitative estimate of drug-likeness (QED) is 0.689. The lowest BCUT2D eigenvalue weighted by atomic mass is 9.90. The summed E-state index contributed by atoms with van der Waals surface area (Å²) in [6.07, 6.45) is 0.663. The molecule has 1 atom stereocenters. The topological polar surface area (TPSA) is 110 Å². The predicted molar refractivity (Wildman–Crippen MR) is 83.8 cm³/mol. The Morgan fingerprint density at radius 1 is 1.35 bits per heavy atom. The fraction of sp³-hybridized carbons (Fsp3) is 0.118. The summed E-state index contributed by atoms with van der Waals surface area (Å²) in [7, 11) is 0. The third-order valence-corrected chi connectivity index (χ3v) is 3.70. The van der Waals surface area contributed by atoms with Gasteiger partial charge < -0.3 is 15.2 Å². The van der Waals surface area contributed by atoms with Gasteiger partial charge in [0.2, 0.25) is 0 Å². The zero-order valence-corrected chi connectivity index (χ0v) is 12.2. The smallest absolute Gasteiger partial charge is 0.335 e. The largest absolute Gasteiger partial charge is 0.478 e. The van der Waals surface area contributed by atoms with Crippen molar-refractivity contribution >= 4 is 17.0 Å². The van der Waals surface area contributed by atoms with Gasteiger partial charge in [-0.25, -0.2) is 9.78 Å². The van der Waals surface area contributed by atoms with Crippen molar-refractivity contribution in [2.45, 2.75) is 13.0 Å². The molecule has 1 unspecified atom stereocenters. The second-order valence-corrected chi connectivity index (χ2v) is 5.21. The molecule has 0 aliphatic rings. The summed E-state index contributed by atoms with van der Waals surface area (Å²) in [4.78, 5) is 18.5. The number of hydrogen-bond acceptors (Lipinski definition) is 4. The molecule has 114 valence electrons. The molecule has 3 rings (SSSR count). The summed E-state index contributed by atoms with van der Waals surface area (Å²) in [6, 6.07) is 10.1. The van der Waals surface area contributed by atoms with Crippen molar-refractivity contribution in [2.24, 2.45) is 0 Å². The zero-order valence-electron chi connectivity index (χ0n) is 12.2. The van der Waals surface area contributed by atoms with Crippen LogP contribution in [-0.4, -0.2) is 26.2 Å². The van der Waals surface area contributed by atoms with Crippen LogP contribution < -0.4 is 0 Å². The molecule has 3 N–H and O–H groups in total. The van der Waals surface area contributed by atoms with E-state index in [2.05, 4.69) is 9.97 Å². The van der Waals surface area contributed by atoms with Crippen LogP contribution >= 0.6 is 0 Å². The Bertz CT molecular complexity index is 951. The van der Waals surface area contributed by atoms with E-state index >= 15 is 0 Å². The number of carbonyl (C=O) groups is 1. The maximum absolute atomic E-state index is 11.3. The molecule has 0 aliphatic heterocycles. The molecule has 0 spiro atoms. The zero-order chi connectivity index (χ0) is 16.6. The first kappa shape index (κ1) is 14.8. The van der Waals surface area contributed by atoms with Crippen molar-refractivity contribution in [2.75, 3.05) is 0 Å². The fourth-order valence-corrected chi connectivity index (χ4v) is 2.66. The SMILES string of the molecule is CC(O)c1c(C#N)cc(C(=O)O)cc1-c1ccc2[nH]cnc2c1. The van der Waals surface area contributed by atoms with Gasteiger partial charge in [0.15, 0.2) is 0 Å². The van der Waals surface area contributed by atoms with Crippen LogP contribution in [-0.2, 0) is 0 Å². The number of nitrogens with zero attached hydrogens (tertiary/aromatic N) is 2. The Balaban J connectivity index is 2.33. The predicted octanol–water partition coefficient (Wildman–Crippen LogP) is 2.85. The van der Waals surface area contributed by atoms with E-state index in [1.807, 2.05) is 12.1 Å². The van der Waals surface area contributed by atoms with E-state index in [-0.39, 0.29) is 11.1 Å². The number of carboxylic acid groups (broad SMARTS) is 1. The molecule has 0 aliphatic carbocycles. The monoisotopic (exact) mass is 307 g/mol. The molecule has 0 fully saturated rings. The number of rotatable bonds is 3. The Labute approximate surface area is 131 Å². The third kappa shape index (κ3) is 2.54. The van der Waals surface area contributed by atoms with E-state index in [1.165, 1.54) is 12.1 Å². The molecule has 0 saturated heterocycles. The van der Waals surface area contributed by atoms with Crippen LogP contribution in [0.15, 0.2) is 36.7 Å². The average Bonchev–Trinajstić information content (AvgIpc) is 3.00. The second-order valence-electron chi connectivity index (χ2n) is 5.21. The van der Waals surface area contributed by atoms with Crippen molar-refractivity contribution in [3.05, 3.63) is 53.3 Å². The number of aromatic amines is 1. The third-order valence-electron chi connectivity index (χ3n) is 3.70. The Morgan fingerprint density at radius 2 is 2.13 bits per heavy atom. The molecule has 0 amide bonds. The Morgan fingerprint density at radius 3 is 2.78 bits per heavy atom. The van der Waals surface area contributed by atoms with Crippen molar-refractivity contribution < 1.29 is 15.0 Å². The molecule has 0 bridgehead atoms. The van der Waals surface area contributed by atoms with Gasteiger partial charge >= 0.3 is 5.97 Å². The molecule has 1 aromatic heterocycles. The van der Waals surface area contributed by atoms with Crippen LogP contribution in [0.3, 0.4) is 0 Å². The highest BCUT2D eigenvalue weighted by Crippen LogP contribution is 2.33. The molecule has 1 heterocycles. The maximum Gasteiger partial charge on any atom is 0.335 e. The minimum atomic E-state index is -1.12. The number of benzene rings is 2. The lowest BCUT2D eigenvalue weighted by Crippen LogP contribution is -2.04. The van der Waals surface area contributed by atoms with Gasteiger partial charge in [0.25, 0.3) is 0 Å². The Hall–Kier alpha value is -3.17. The Kier molecular flexibility index (Phi) is 3.56. The van der Waals surface area contributed by atoms with Crippen LogP contribution in [0.4, 0.5) is 0 Å². The van der Waals surface area contributed by atoms with Gasteiger partial charge in [-0.1, -0.05) is 6.07 Å². The highest BCUT2D eigenvalue weighted by molar-refractivity contribution is 5.92. The molecule has 23 heavy (non-hydrogen) atoms. The van der Waals surface area contributed by atoms with Crippen LogP contribution in [0.5, 0.6) is 0 Å². The van der Waals surface area contributed by atoms with E-state index in [9.17, 15) is 20.3 Å². The number of fused-ring (bicyclic) bond motifs is 1. The second kappa shape index (κ2) is 5.55. The standard InChI is InChI=1S/C17H13N3O3/c1-9(21)16-12(7-18)4-11(17(22)23)5-13(16)10-2-3-14-15(6-10)20-8-19-14/h2-6,8-9,21H,1H3,(H,19,20)(H,22,23). The van der Waals surface area contributed by atoms with Crippen LogP contribution in [0.25, 0.3) is 22.2 Å². The van der Waals surface area contributed by atoms with Gasteiger partial charge in [0.1, 0.15) is 0 Å². The summed E-state index contributed by atoms with van der Waals surface area (Å²) >= 11 is 0. The summed E-state index contributed by atoms with van der Waals surface area (Å²) in [5, 5.41) is 28.6. The summed E-state index contributed by atoms with van der Waals surface area (Å²) < 4.78 is 0. The first-order valence-electron chi connectivity index (χ1n) is 6.94.